The molecular formula is C27H31N4O3-. The number of carbonyl (C=O) groups excluding carboxylic acids is 2. The SMILES string of the molecule is O=C(NCCN(CCNC(=O)c1ccccc1)CCNC([O-])c1ccccc1)c1ccccc1. The highest BCUT2D eigenvalue weighted by Crippen LogP contribution is 2.05. The average Bonchev–Trinajstić information content (AvgIpc) is 2.89. The lowest BCUT2D eigenvalue weighted by atomic mass is 10.2. The largest absolute Gasteiger partial charge is 0.837 e. The molecule has 0 spiro atoms. The molecule has 0 saturated heterocycles. The zero-order valence-electron chi connectivity index (χ0n) is 19.2. The molecule has 3 rings (SSSR count). The average molecular weight is 460 g/mol. The minimum Gasteiger partial charge on any atom is -0.837 e. The first-order valence-corrected chi connectivity index (χ1v) is 11.5. The topological polar surface area (TPSA) is 96.5 Å². The highest BCUT2D eigenvalue weighted by atomic mass is 16.3. The van der Waals surface area contributed by atoms with Crippen molar-refractivity contribution in [1.29, 1.82) is 0 Å². The summed E-state index contributed by atoms with van der Waals surface area (Å²) in [6.45, 7) is 3.20. The second-order valence-electron chi connectivity index (χ2n) is 7.83. The van der Waals surface area contributed by atoms with Crippen molar-refractivity contribution < 1.29 is 14.7 Å². The van der Waals surface area contributed by atoms with E-state index in [0.29, 0.717) is 56.0 Å². The molecule has 34 heavy (non-hydrogen) atoms. The fourth-order valence-corrected chi connectivity index (χ4v) is 3.47. The third-order valence-corrected chi connectivity index (χ3v) is 5.36. The van der Waals surface area contributed by atoms with Crippen LogP contribution < -0.4 is 21.1 Å². The van der Waals surface area contributed by atoms with Gasteiger partial charge in [-0.25, -0.2) is 0 Å². The molecule has 0 aromatic heterocycles. The molecule has 3 aromatic carbocycles. The summed E-state index contributed by atoms with van der Waals surface area (Å²) in [6.07, 6.45) is -1.00. The van der Waals surface area contributed by atoms with Crippen LogP contribution in [0.5, 0.6) is 0 Å². The smallest absolute Gasteiger partial charge is 0.251 e. The van der Waals surface area contributed by atoms with Gasteiger partial charge in [-0.05, 0) is 36.1 Å². The van der Waals surface area contributed by atoms with Crippen molar-refractivity contribution in [2.24, 2.45) is 0 Å². The second-order valence-corrected chi connectivity index (χ2v) is 7.83. The first-order chi connectivity index (χ1) is 16.6. The van der Waals surface area contributed by atoms with Crippen LogP contribution in [0.4, 0.5) is 0 Å². The Bertz CT molecular complexity index is 943. The number of nitrogens with zero attached hydrogens (tertiary/aromatic N) is 1. The predicted molar refractivity (Wildman–Crippen MR) is 131 cm³/mol. The van der Waals surface area contributed by atoms with Gasteiger partial charge in [0.1, 0.15) is 0 Å². The molecule has 3 N–H and O–H groups in total. The van der Waals surface area contributed by atoms with Crippen molar-refractivity contribution in [3.63, 3.8) is 0 Å². The van der Waals surface area contributed by atoms with E-state index in [-0.39, 0.29) is 11.8 Å². The number of rotatable bonds is 13. The van der Waals surface area contributed by atoms with Gasteiger partial charge in [0, 0.05) is 50.4 Å². The zero-order valence-corrected chi connectivity index (χ0v) is 19.2. The monoisotopic (exact) mass is 459 g/mol. The Morgan fingerprint density at radius 1 is 0.647 bits per heavy atom. The molecule has 2 amide bonds. The summed E-state index contributed by atoms with van der Waals surface area (Å²) in [5.41, 5.74) is 1.92. The lowest BCUT2D eigenvalue weighted by molar-refractivity contribution is -0.435. The molecule has 1 atom stereocenters. The second kappa shape index (κ2) is 13.9. The molecular weight excluding hydrogens is 428 g/mol. The quantitative estimate of drug-likeness (QED) is 0.339. The summed E-state index contributed by atoms with van der Waals surface area (Å²) in [6, 6.07) is 27.3. The highest BCUT2D eigenvalue weighted by Gasteiger charge is 2.10. The molecule has 7 nitrogen and oxygen atoms in total. The number of hydrogen-bond donors (Lipinski definition) is 3. The minimum absolute atomic E-state index is 0.125. The van der Waals surface area contributed by atoms with E-state index in [1.807, 2.05) is 54.6 Å². The van der Waals surface area contributed by atoms with Crippen LogP contribution in [0.1, 0.15) is 32.5 Å². The van der Waals surface area contributed by atoms with E-state index in [1.54, 1.807) is 36.4 Å². The molecule has 7 heteroatoms. The summed E-state index contributed by atoms with van der Waals surface area (Å²) in [7, 11) is 0. The van der Waals surface area contributed by atoms with E-state index in [0.717, 1.165) is 0 Å². The van der Waals surface area contributed by atoms with Crippen molar-refractivity contribution in [1.82, 2.24) is 20.9 Å². The first kappa shape index (κ1) is 25.1. The third-order valence-electron chi connectivity index (χ3n) is 5.36. The number of hydrogen-bond acceptors (Lipinski definition) is 5. The van der Waals surface area contributed by atoms with Crippen LogP contribution in [0.2, 0.25) is 0 Å². The van der Waals surface area contributed by atoms with Gasteiger partial charge < -0.3 is 21.1 Å². The molecule has 178 valence electrons. The van der Waals surface area contributed by atoms with Gasteiger partial charge in [-0.15, -0.1) is 0 Å². The normalized spacial score (nSPS) is 11.7. The molecule has 3 aromatic rings. The van der Waals surface area contributed by atoms with E-state index >= 15 is 0 Å². The third kappa shape index (κ3) is 8.44. The van der Waals surface area contributed by atoms with E-state index < -0.39 is 6.23 Å². The van der Waals surface area contributed by atoms with E-state index in [9.17, 15) is 14.7 Å². The Balaban J connectivity index is 1.47. The van der Waals surface area contributed by atoms with E-state index in [1.165, 1.54) is 0 Å². The molecule has 0 aliphatic rings. The van der Waals surface area contributed by atoms with Crippen LogP contribution in [0.15, 0.2) is 91.0 Å². The minimum atomic E-state index is -1.00. The van der Waals surface area contributed by atoms with Crippen LogP contribution in [-0.4, -0.2) is 56.0 Å². The Morgan fingerprint density at radius 2 is 1.06 bits per heavy atom. The van der Waals surface area contributed by atoms with Crippen molar-refractivity contribution in [3.8, 4) is 0 Å². The van der Waals surface area contributed by atoms with Crippen LogP contribution in [0, 0.1) is 0 Å². The number of nitrogens with one attached hydrogen (secondary N) is 3. The summed E-state index contributed by atoms with van der Waals surface area (Å²) < 4.78 is 0. The lowest BCUT2D eigenvalue weighted by Crippen LogP contribution is -2.43. The van der Waals surface area contributed by atoms with Gasteiger partial charge in [-0.2, -0.15) is 0 Å². The standard InChI is InChI=1S/C27H31N4O3/c32-25(22-10-4-1-5-11-22)28-16-19-31(20-17-29-26(33)23-12-6-2-7-13-23)21-18-30-27(34)24-14-8-3-9-15-24/h1-15,25,28H,16-21H2,(H,29,33)(H,30,34)/q-1. The lowest BCUT2D eigenvalue weighted by Gasteiger charge is -2.28. The Hall–Kier alpha value is -3.52. The molecule has 1 unspecified atom stereocenters. The number of carbonyl (C=O) groups is 2. The van der Waals surface area contributed by atoms with Gasteiger partial charge in [-0.3, -0.25) is 14.5 Å². The maximum atomic E-state index is 12.4. The van der Waals surface area contributed by atoms with Gasteiger partial charge in [-0.1, -0.05) is 66.7 Å². The first-order valence-electron chi connectivity index (χ1n) is 11.5. The Kier molecular flexibility index (Phi) is 10.3. The molecule has 0 bridgehead atoms. The fourth-order valence-electron chi connectivity index (χ4n) is 3.47. The molecule has 0 aliphatic carbocycles. The summed E-state index contributed by atoms with van der Waals surface area (Å²) >= 11 is 0. The van der Waals surface area contributed by atoms with Crippen LogP contribution >= 0.6 is 0 Å². The van der Waals surface area contributed by atoms with Gasteiger partial charge in [0.15, 0.2) is 0 Å². The molecule has 0 fully saturated rings. The molecule has 0 aliphatic heterocycles. The molecule has 0 heterocycles. The zero-order chi connectivity index (χ0) is 24.0. The highest BCUT2D eigenvalue weighted by molar-refractivity contribution is 5.94. The van der Waals surface area contributed by atoms with Crippen LogP contribution in [-0.2, 0) is 0 Å². The van der Waals surface area contributed by atoms with Crippen molar-refractivity contribution in [3.05, 3.63) is 108 Å². The summed E-state index contributed by atoms with van der Waals surface area (Å²) in [5, 5.41) is 21.3. The molecule has 0 radical (unpaired) electrons. The molecule has 0 saturated carbocycles. The fraction of sp³-hybridized carbons (Fsp3) is 0.259. The van der Waals surface area contributed by atoms with E-state index in [4.69, 9.17) is 0 Å². The maximum Gasteiger partial charge on any atom is 0.251 e. The summed E-state index contributed by atoms with van der Waals surface area (Å²) in [4.78, 5) is 26.7. The summed E-state index contributed by atoms with van der Waals surface area (Å²) in [5.74, 6) is -0.250. The van der Waals surface area contributed by atoms with Gasteiger partial charge in [0.2, 0.25) is 0 Å². The van der Waals surface area contributed by atoms with Crippen molar-refractivity contribution in [2.75, 3.05) is 39.3 Å². The van der Waals surface area contributed by atoms with Crippen molar-refractivity contribution >= 4 is 11.8 Å². The van der Waals surface area contributed by atoms with E-state index in [2.05, 4.69) is 20.9 Å². The van der Waals surface area contributed by atoms with Crippen LogP contribution in [0.25, 0.3) is 0 Å². The van der Waals surface area contributed by atoms with Gasteiger partial charge in [0.05, 0.1) is 0 Å². The number of benzene rings is 3. The van der Waals surface area contributed by atoms with Gasteiger partial charge >= 0.3 is 0 Å². The Morgan fingerprint density at radius 3 is 1.53 bits per heavy atom. The number of amides is 2. The van der Waals surface area contributed by atoms with Crippen molar-refractivity contribution in [2.45, 2.75) is 6.23 Å². The van der Waals surface area contributed by atoms with Crippen LogP contribution in [0.3, 0.4) is 0 Å². The van der Waals surface area contributed by atoms with Gasteiger partial charge in [0.25, 0.3) is 11.8 Å². The predicted octanol–water partition coefficient (Wildman–Crippen LogP) is 1.80. The maximum absolute atomic E-state index is 12.4. The Labute approximate surface area is 200 Å².